The Morgan fingerprint density at radius 2 is 1.81 bits per heavy atom. The number of H-pyrrole nitrogens is 1. The predicted molar refractivity (Wildman–Crippen MR) is 105 cm³/mol. The standard InChI is InChI=1S/C21H31N3O2/c1-15-4-5-18-19(14-15)24(20(25)22-18)17-8-12-23(13-9-17)16-6-10-21(2,26-3)11-7-16/h4-5,14,16-17H,6-13H2,1-3H3,(H,22,25)/t16-,21+. The smallest absolute Gasteiger partial charge is 0.326 e. The first-order valence-corrected chi connectivity index (χ1v) is 9.99. The van der Waals surface area contributed by atoms with Crippen molar-refractivity contribution in [3.8, 4) is 0 Å². The van der Waals surface area contributed by atoms with Gasteiger partial charge in [-0.05, 0) is 70.1 Å². The second-order valence-electron chi connectivity index (χ2n) is 8.47. The molecule has 0 unspecified atom stereocenters. The molecular weight excluding hydrogens is 326 g/mol. The lowest BCUT2D eigenvalue weighted by molar-refractivity contribution is -0.0444. The number of ether oxygens (including phenoxy) is 1. The highest BCUT2D eigenvalue weighted by Crippen LogP contribution is 2.35. The lowest BCUT2D eigenvalue weighted by Gasteiger charge is -2.43. The summed E-state index contributed by atoms with van der Waals surface area (Å²) in [5, 5.41) is 0. The van der Waals surface area contributed by atoms with Crippen LogP contribution in [0.15, 0.2) is 23.0 Å². The molecule has 0 spiro atoms. The van der Waals surface area contributed by atoms with Crippen LogP contribution >= 0.6 is 0 Å². The van der Waals surface area contributed by atoms with Gasteiger partial charge in [-0.2, -0.15) is 0 Å². The fourth-order valence-corrected chi connectivity index (χ4v) is 4.89. The average Bonchev–Trinajstić information content (AvgIpc) is 2.97. The third-order valence-corrected chi connectivity index (χ3v) is 6.76. The van der Waals surface area contributed by atoms with E-state index in [-0.39, 0.29) is 11.3 Å². The number of nitrogens with zero attached hydrogens (tertiary/aromatic N) is 2. The summed E-state index contributed by atoms with van der Waals surface area (Å²) in [4.78, 5) is 18.2. The van der Waals surface area contributed by atoms with Gasteiger partial charge in [-0.25, -0.2) is 4.79 Å². The second-order valence-corrected chi connectivity index (χ2v) is 8.47. The summed E-state index contributed by atoms with van der Waals surface area (Å²) in [7, 11) is 1.84. The number of methoxy groups -OCH3 is 1. The monoisotopic (exact) mass is 357 g/mol. The molecule has 0 atom stereocenters. The van der Waals surface area contributed by atoms with Crippen molar-refractivity contribution in [2.45, 2.75) is 70.1 Å². The van der Waals surface area contributed by atoms with Crippen molar-refractivity contribution < 1.29 is 4.74 Å². The molecule has 2 fully saturated rings. The lowest BCUT2D eigenvalue weighted by Crippen LogP contribution is -2.47. The number of piperidine rings is 1. The number of benzene rings is 1. The topological polar surface area (TPSA) is 50.3 Å². The van der Waals surface area contributed by atoms with Gasteiger partial charge in [0.15, 0.2) is 0 Å². The number of hydrogen-bond donors (Lipinski definition) is 1. The Labute approximate surface area is 155 Å². The highest BCUT2D eigenvalue weighted by atomic mass is 16.5. The zero-order valence-electron chi connectivity index (χ0n) is 16.3. The third-order valence-electron chi connectivity index (χ3n) is 6.76. The van der Waals surface area contributed by atoms with E-state index in [0.29, 0.717) is 12.1 Å². The Bertz CT molecular complexity index is 821. The number of rotatable bonds is 3. The van der Waals surface area contributed by atoms with Gasteiger partial charge in [-0.1, -0.05) is 6.07 Å². The molecular formula is C21H31N3O2. The van der Waals surface area contributed by atoms with Crippen LogP contribution in [0.5, 0.6) is 0 Å². The largest absolute Gasteiger partial charge is 0.379 e. The molecule has 2 heterocycles. The van der Waals surface area contributed by atoms with Gasteiger partial charge < -0.3 is 14.6 Å². The van der Waals surface area contributed by atoms with Gasteiger partial charge in [0.05, 0.1) is 16.6 Å². The van der Waals surface area contributed by atoms with E-state index >= 15 is 0 Å². The predicted octanol–water partition coefficient (Wildman–Crippen LogP) is 3.62. The van der Waals surface area contributed by atoms with Gasteiger partial charge in [0.2, 0.25) is 0 Å². The van der Waals surface area contributed by atoms with Crippen molar-refractivity contribution in [2.75, 3.05) is 20.2 Å². The quantitative estimate of drug-likeness (QED) is 0.913. The lowest BCUT2D eigenvalue weighted by atomic mass is 9.82. The maximum Gasteiger partial charge on any atom is 0.326 e. The molecule has 1 saturated carbocycles. The Morgan fingerprint density at radius 1 is 1.12 bits per heavy atom. The zero-order valence-corrected chi connectivity index (χ0v) is 16.3. The Balaban J connectivity index is 1.44. The fraction of sp³-hybridized carbons (Fsp3) is 0.667. The number of aromatic amines is 1. The van der Waals surface area contributed by atoms with E-state index < -0.39 is 0 Å². The van der Waals surface area contributed by atoms with E-state index in [9.17, 15) is 4.79 Å². The Hall–Kier alpha value is -1.59. The molecule has 1 saturated heterocycles. The maximum atomic E-state index is 12.5. The normalized spacial score (nSPS) is 28.7. The summed E-state index contributed by atoms with van der Waals surface area (Å²) < 4.78 is 7.69. The van der Waals surface area contributed by atoms with Crippen LogP contribution in [0.3, 0.4) is 0 Å². The van der Waals surface area contributed by atoms with Gasteiger partial charge in [0.1, 0.15) is 0 Å². The molecule has 1 aromatic carbocycles. The summed E-state index contributed by atoms with van der Waals surface area (Å²) in [6.07, 6.45) is 6.85. The number of aryl methyl sites for hydroxylation is 1. The molecule has 1 aliphatic heterocycles. The maximum absolute atomic E-state index is 12.5. The number of hydrogen-bond acceptors (Lipinski definition) is 3. The van der Waals surface area contributed by atoms with Crippen molar-refractivity contribution in [1.82, 2.24) is 14.5 Å². The van der Waals surface area contributed by atoms with Gasteiger partial charge in [-0.3, -0.25) is 4.57 Å². The minimum atomic E-state index is 0.0394. The molecule has 1 aliphatic carbocycles. The first-order chi connectivity index (χ1) is 12.5. The summed E-state index contributed by atoms with van der Waals surface area (Å²) in [5.41, 5.74) is 3.32. The number of likely N-dealkylation sites (tertiary alicyclic amines) is 1. The summed E-state index contributed by atoms with van der Waals surface area (Å²) in [5.74, 6) is 0. The van der Waals surface area contributed by atoms with Crippen LogP contribution in [0.25, 0.3) is 11.0 Å². The summed E-state index contributed by atoms with van der Waals surface area (Å²) in [6, 6.07) is 7.20. The summed E-state index contributed by atoms with van der Waals surface area (Å²) in [6.45, 7) is 6.50. The van der Waals surface area contributed by atoms with Crippen molar-refractivity contribution >= 4 is 11.0 Å². The van der Waals surface area contributed by atoms with Crippen molar-refractivity contribution in [2.24, 2.45) is 0 Å². The molecule has 26 heavy (non-hydrogen) atoms. The van der Waals surface area contributed by atoms with Crippen molar-refractivity contribution in [3.05, 3.63) is 34.2 Å². The van der Waals surface area contributed by atoms with Crippen LogP contribution in [-0.4, -0.2) is 46.3 Å². The van der Waals surface area contributed by atoms with E-state index in [2.05, 4.69) is 35.9 Å². The number of aromatic nitrogens is 2. The molecule has 2 aromatic rings. The molecule has 0 bridgehead atoms. The summed E-state index contributed by atoms with van der Waals surface area (Å²) >= 11 is 0. The highest BCUT2D eigenvalue weighted by molar-refractivity contribution is 5.76. The van der Waals surface area contributed by atoms with Crippen LogP contribution < -0.4 is 5.69 Å². The first-order valence-electron chi connectivity index (χ1n) is 9.99. The Kier molecular flexibility index (Phi) is 4.70. The molecule has 142 valence electrons. The molecule has 2 aliphatic rings. The molecule has 5 nitrogen and oxygen atoms in total. The molecule has 4 rings (SSSR count). The number of fused-ring (bicyclic) bond motifs is 1. The molecule has 1 N–H and O–H groups in total. The van der Waals surface area contributed by atoms with E-state index in [4.69, 9.17) is 4.74 Å². The van der Waals surface area contributed by atoms with Crippen molar-refractivity contribution in [1.29, 1.82) is 0 Å². The van der Waals surface area contributed by atoms with Gasteiger partial charge in [0, 0.05) is 32.3 Å². The van der Waals surface area contributed by atoms with Crippen LogP contribution in [0.4, 0.5) is 0 Å². The van der Waals surface area contributed by atoms with Gasteiger partial charge in [-0.15, -0.1) is 0 Å². The minimum Gasteiger partial charge on any atom is -0.379 e. The van der Waals surface area contributed by atoms with Crippen molar-refractivity contribution in [3.63, 3.8) is 0 Å². The number of nitrogens with one attached hydrogen (secondary N) is 1. The van der Waals surface area contributed by atoms with E-state index in [1.54, 1.807) is 0 Å². The third kappa shape index (κ3) is 3.23. The zero-order chi connectivity index (χ0) is 18.3. The van der Waals surface area contributed by atoms with Gasteiger partial charge >= 0.3 is 5.69 Å². The van der Waals surface area contributed by atoms with Crippen LogP contribution in [0, 0.1) is 6.92 Å². The van der Waals surface area contributed by atoms with Crippen LogP contribution in [0.1, 0.15) is 57.1 Å². The molecule has 0 radical (unpaired) electrons. The fourth-order valence-electron chi connectivity index (χ4n) is 4.89. The first kappa shape index (κ1) is 17.8. The number of imidazole rings is 1. The Morgan fingerprint density at radius 3 is 2.46 bits per heavy atom. The molecule has 0 amide bonds. The van der Waals surface area contributed by atoms with Gasteiger partial charge in [0.25, 0.3) is 0 Å². The van der Waals surface area contributed by atoms with E-state index in [1.807, 2.05) is 17.7 Å². The SMILES string of the molecule is CO[C@]1(C)CC[C@H](N2CCC(n3c(=O)[nH]c4ccc(C)cc43)CC2)CC1. The second kappa shape index (κ2) is 6.86. The molecule has 5 heteroatoms. The minimum absolute atomic E-state index is 0.0394. The molecule has 1 aromatic heterocycles. The highest BCUT2D eigenvalue weighted by Gasteiger charge is 2.35. The van der Waals surface area contributed by atoms with Crippen LogP contribution in [-0.2, 0) is 4.74 Å². The average molecular weight is 357 g/mol. The van der Waals surface area contributed by atoms with E-state index in [1.165, 1.54) is 18.4 Å². The van der Waals surface area contributed by atoms with E-state index in [0.717, 1.165) is 49.8 Å². The van der Waals surface area contributed by atoms with Crippen LogP contribution in [0.2, 0.25) is 0 Å².